The monoisotopic (exact) mass is 409 g/mol. The van der Waals surface area contributed by atoms with Crippen molar-refractivity contribution < 1.29 is 27.5 Å². The number of ether oxygens (including phenoxy) is 1. The quantitative estimate of drug-likeness (QED) is 0.738. The van der Waals surface area contributed by atoms with E-state index in [1.54, 1.807) is 23.1 Å². The first-order valence-corrected chi connectivity index (χ1v) is 10.2. The minimum absolute atomic E-state index is 0.0837. The van der Waals surface area contributed by atoms with E-state index in [1.807, 2.05) is 13.8 Å². The predicted molar refractivity (Wildman–Crippen MR) is 101 cm³/mol. The Morgan fingerprint density at radius 2 is 1.86 bits per heavy atom. The Morgan fingerprint density at radius 1 is 1.21 bits per heavy atom. The van der Waals surface area contributed by atoms with Crippen LogP contribution in [0.5, 0.6) is 0 Å². The summed E-state index contributed by atoms with van der Waals surface area (Å²) < 4.78 is 30.0. The number of nitrogens with zero attached hydrogens (tertiary/aromatic N) is 1. The van der Waals surface area contributed by atoms with Gasteiger partial charge in [-0.1, -0.05) is 19.1 Å². The van der Waals surface area contributed by atoms with Crippen molar-refractivity contribution in [3.8, 4) is 0 Å². The highest BCUT2D eigenvalue weighted by Gasteiger charge is 2.33. The van der Waals surface area contributed by atoms with Gasteiger partial charge >= 0.3 is 12.1 Å². The molecule has 1 aliphatic rings. The van der Waals surface area contributed by atoms with Gasteiger partial charge < -0.3 is 10.1 Å². The van der Waals surface area contributed by atoms with E-state index < -0.39 is 22.1 Å². The highest BCUT2D eigenvalue weighted by molar-refractivity contribution is 7.90. The lowest BCUT2D eigenvalue weighted by Crippen LogP contribution is -2.40. The van der Waals surface area contributed by atoms with E-state index in [2.05, 4.69) is 10.1 Å². The standard InChI is InChI=1S/C18H23N3O6S/c1-4-15-12(2)11-21(16(15)22)17(23)19-10-9-13-5-7-14(8-6-13)28(25,26)20-18(24)27-3/h5-8,11,15H,4,9-10H2,1-3H3,(H,19,23)(H,20,24). The molecule has 2 rings (SSSR count). The fraction of sp³-hybridized carbons (Fsp3) is 0.389. The lowest BCUT2D eigenvalue weighted by Gasteiger charge is -2.15. The fourth-order valence-electron chi connectivity index (χ4n) is 2.82. The van der Waals surface area contributed by atoms with Gasteiger partial charge in [0.1, 0.15) is 0 Å². The van der Waals surface area contributed by atoms with Crippen LogP contribution in [0.25, 0.3) is 0 Å². The number of carbonyl (C=O) groups is 3. The molecule has 0 spiro atoms. The van der Waals surface area contributed by atoms with Gasteiger partial charge in [0, 0.05) is 12.7 Å². The van der Waals surface area contributed by atoms with Gasteiger partial charge in [-0.05, 0) is 43.0 Å². The molecule has 28 heavy (non-hydrogen) atoms. The van der Waals surface area contributed by atoms with Crippen molar-refractivity contribution in [3.63, 3.8) is 0 Å². The first kappa shape index (κ1) is 21.4. The van der Waals surface area contributed by atoms with Gasteiger partial charge in [0.2, 0.25) is 5.91 Å². The third kappa shape index (κ3) is 4.89. The maximum absolute atomic E-state index is 12.2. The van der Waals surface area contributed by atoms with Gasteiger partial charge in [0.25, 0.3) is 10.0 Å². The van der Waals surface area contributed by atoms with Crippen LogP contribution >= 0.6 is 0 Å². The molecule has 9 nitrogen and oxygen atoms in total. The van der Waals surface area contributed by atoms with Crippen molar-refractivity contribution in [3.05, 3.63) is 41.6 Å². The molecule has 0 saturated heterocycles. The SMILES string of the molecule is CCC1C(=O)N(C(=O)NCCc2ccc(S(=O)(=O)NC(=O)OC)cc2)C=C1C. The molecule has 1 atom stereocenters. The molecule has 0 fully saturated rings. The van der Waals surface area contributed by atoms with Crippen LogP contribution in [0, 0.1) is 5.92 Å². The average Bonchev–Trinajstić information content (AvgIpc) is 2.95. The number of amides is 4. The highest BCUT2D eigenvalue weighted by atomic mass is 32.2. The Morgan fingerprint density at radius 3 is 2.39 bits per heavy atom. The molecular formula is C18H23N3O6S. The Bertz CT molecular complexity index is 892. The molecule has 1 aliphatic heterocycles. The lowest BCUT2D eigenvalue weighted by molar-refractivity contribution is -0.127. The highest BCUT2D eigenvalue weighted by Crippen LogP contribution is 2.25. The Labute approximate surface area is 163 Å². The molecule has 0 saturated carbocycles. The number of imide groups is 1. The minimum Gasteiger partial charge on any atom is -0.452 e. The average molecular weight is 409 g/mol. The van der Waals surface area contributed by atoms with Crippen molar-refractivity contribution in [2.24, 2.45) is 5.92 Å². The Balaban J connectivity index is 1.90. The van der Waals surface area contributed by atoms with E-state index in [1.165, 1.54) is 12.1 Å². The Hall–Kier alpha value is -2.88. The summed E-state index contributed by atoms with van der Waals surface area (Å²) in [5, 5.41) is 2.68. The van der Waals surface area contributed by atoms with E-state index in [0.717, 1.165) is 23.1 Å². The molecule has 152 valence electrons. The number of carbonyl (C=O) groups excluding carboxylic acids is 3. The number of hydrogen-bond acceptors (Lipinski definition) is 6. The molecule has 4 amide bonds. The predicted octanol–water partition coefficient (Wildman–Crippen LogP) is 1.76. The lowest BCUT2D eigenvalue weighted by atomic mass is 10.0. The van der Waals surface area contributed by atoms with Gasteiger partial charge in [0.15, 0.2) is 0 Å². The van der Waals surface area contributed by atoms with Crippen LogP contribution < -0.4 is 10.0 Å². The largest absolute Gasteiger partial charge is 0.452 e. The molecular weight excluding hydrogens is 386 g/mol. The van der Waals surface area contributed by atoms with Gasteiger partial charge in [-0.2, -0.15) is 0 Å². The van der Waals surface area contributed by atoms with Crippen molar-refractivity contribution in [1.82, 2.24) is 14.9 Å². The van der Waals surface area contributed by atoms with Crippen molar-refractivity contribution in [1.29, 1.82) is 0 Å². The summed E-state index contributed by atoms with van der Waals surface area (Å²) in [6, 6.07) is 5.38. The summed E-state index contributed by atoms with van der Waals surface area (Å²) in [7, 11) is -2.93. The first-order chi connectivity index (χ1) is 13.2. The third-order valence-electron chi connectivity index (χ3n) is 4.37. The van der Waals surface area contributed by atoms with Crippen molar-refractivity contribution in [2.45, 2.75) is 31.6 Å². The van der Waals surface area contributed by atoms with Crippen LogP contribution in [-0.2, 0) is 26.0 Å². The van der Waals surface area contributed by atoms with Crippen LogP contribution in [0.3, 0.4) is 0 Å². The van der Waals surface area contributed by atoms with E-state index in [4.69, 9.17) is 0 Å². The molecule has 1 aromatic carbocycles. The molecule has 0 bridgehead atoms. The second-order valence-electron chi connectivity index (χ2n) is 6.27. The zero-order chi connectivity index (χ0) is 20.9. The summed E-state index contributed by atoms with van der Waals surface area (Å²) >= 11 is 0. The zero-order valence-corrected chi connectivity index (χ0v) is 16.7. The summed E-state index contributed by atoms with van der Waals surface area (Å²) in [4.78, 5) is 36.4. The van der Waals surface area contributed by atoms with Crippen molar-refractivity contribution >= 4 is 28.1 Å². The fourth-order valence-corrected chi connectivity index (χ4v) is 3.73. The van der Waals surface area contributed by atoms with Crippen LogP contribution in [0.2, 0.25) is 0 Å². The van der Waals surface area contributed by atoms with E-state index in [-0.39, 0.29) is 23.3 Å². The summed E-state index contributed by atoms with van der Waals surface area (Å²) in [5.41, 5.74) is 1.64. The van der Waals surface area contributed by atoms with E-state index in [0.29, 0.717) is 12.8 Å². The Kier molecular flexibility index (Phi) is 6.79. The topological polar surface area (TPSA) is 122 Å². The van der Waals surface area contributed by atoms with Gasteiger partial charge in [-0.15, -0.1) is 0 Å². The molecule has 10 heteroatoms. The second-order valence-corrected chi connectivity index (χ2v) is 7.95. The first-order valence-electron chi connectivity index (χ1n) is 8.68. The summed E-state index contributed by atoms with van der Waals surface area (Å²) in [5.74, 6) is -0.482. The maximum atomic E-state index is 12.2. The molecule has 1 heterocycles. The van der Waals surface area contributed by atoms with Crippen LogP contribution in [0.15, 0.2) is 40.9 Å². The summed E-state index contributed by atoms with van der Waals surface area (Å²) in [6.07, 6.45) is 1.57. The third-order valence-corrected chi connectivity index (χ3v) is 5.70. The normalized spacial score (nSPS) is 16.5. The number of rotatable bonds is 6. The van der Waals surface area contributed by atoms with Gasteiger partial charge in [0.05, 0.1) is 17.9 Å². The molecule has 2 N–H and O–H groups in total. The van der Waals surface area contributed by atoms with Crippen LogP contribution in [0.1, 0.15) is 25.8 Å². The number of nitrogens with one attached hydrogen (secondary N) is 2. The molecule has 0 radical (unpaired) electrons. The van der Waals surface area contributed by atoms with E-state index in [9.17, 15) is 22.8 Å². The maximum Gasteiger partial charge on any atom is 0.420 e. The molecule has 1 aromatic rings. The molecule has 1 unspecified atom stereocenters. The number of methoxy groups -OCH3 is 1. The van der Waals surface area contributed by atoms with Crippen molar-refractivity contribution in [2.75, 3.05) is 13.7 Å². The van der Waals surface area contributed by atoms with Gasteiger partial charge in [-0.25, -0.2) is 27.6 Å². The second kappa shape index (κ2) is 8.87. The number of hydrogen-bond donors (Lipinski definition) is 2. The van der Waals surface area contributed by atoms with Crippen LogP contribution in [0.4, 0.5) is 9.59 Å². The number of urea groups is 1. The van der Waals surface area contributed by atoms with Crippen LogP contribution in [-0.4, -0.2) is 45.0 Å². The minimum atomic E-state index is -4.00. The number of sulfonamides is 1. The molecule has 0 aromatic heterocycles. The summed E-state index contributed by atoms with van der Waals surface area (Å²) in [6.45, 7) is 3.99. The van der Waals surface area contributed by atoms with E-state index >= 15 is 0 Å². The smallest absolute Gasteiger partial charge is 0.420 e. The molecule has 0 aliphatic carbocycles. The number of benzene rings is 1. The van der Waals surface area contributed by atoms with Gasteiger partial charge in [-0.3, -0.25) is 4.79 Å². The zero-order valence-electron chi connectivity index (χ0n) is 15.9.